The van der Waals surface area contributed by atoms with Gasteiger partial charge in [-0.3, -0.25) is 15.6 Å². The predicted molar refractivity (Wildman–Crippen MR) is 100 cm³/mol. The normalized spacial score (nSPS) is 9.57. The Morgan fingerprint density at radius 2 is 1.52 bits per heavy atom. The molecule has 0 aliphatic rings. The second-order valence-electron chi connectivity index (χ2n) is 4.43. The molecule has 2 aromatic rings. The second-order valence-corrected chi connectivity index (χ2v) is 5.28. The predicted octanol–water partition coefficient (Wildman–Crippen LogP) is 1.97. The molecular formula is C15H15N5OS2. The highest BCUT2D eigenvalue weighted by atomic mass is 32.1. The van der Waals surface area contributed by atoms with Gasteiger partial charge in [-0.1, -0.05) is 30.3 Å². The maximum absolute atomic E-state index is 12.2. The molecule has 118 valence electrons. The molecule has 0 fully saturated rings. The summed E-state index contributed by atoms with van der Waals surface area (Å²) in [5, 5.41) is 6.05. The van der Waals surface area contributed by atoms with E-state index in [4.69, 9.17) is 30.2 Å². The first-order valence-electron chi connectivity index (χ1n) is 6.64. The molecular weight excluding hydrogens is 330 g/mol. The lowest BCUT2D eigenvalue weighted by atomic mass is 10.1. The van der Waals surface area contributed by atoms with E-state index in [1.807, 2.05) is 30.3 Å². The molecule has 2 aromatic carbocycles. The Morgan fingerprint density at radius 1 is 0.870 bits per heavy atom. The number of carbonyl (C=O) groups excluding carboxylic acids is 1. The Balaban J connectivity index is 1.94. The Hall–Kier alpha value is -2.71. The number of amides is 1. The zero-order valence-electron chi connectivity index (χ0n) is 12.0. The van der Waals surface area contributed by atoms with Crippen molar-refractivity contribution in [3.8, 4) is 0 Å². The van der Waals surface area contributed by atoms with Gasteiger partial charge in [0.2, 0.25) is 0 Å². The van der Waals surface area contributed by atoms with E-state index in [0.29, 0.717) is 11.3 Å². The quantitative estimate of drug-likeness (QED) is 0.429. The number of nitrogens with one attached hydrogen (secondary N) is 4. The average molecular weight is 345 g/mol. The zero-order valence-corrected chi connectivity index (χ0v) is 13.6. The average Bonchev–Trinajstić information content (AvgIpc) is 2.53. The van der Waals surface area contributed by atoms with E-state index in [1.54, 1.807) is 24.3 Å². The standard InChI is InChI=1S/C15H15N5OS2/c16-14(22)18-12-9-5-4-8-11(12)13(21)19-20-15(23)17-10-6-2-1-3-7-10/h1-9H,(H,19,21)(H3,16,18,22)(H2,17,20,23). The number of nitrogens with two attached hydrogens (primary N) is 1. The monoisotopic (exact) mass is 345 g/mol. The fraction of sp³-hybridized carbons (Fsp3) is 0. The van der Waals surface area contributed by atoms with Crippen LogP contribution < -0.4 is 27.2 Å². The summed E-state index contributed by atoms with van der Waals surface area (Å²) < 4.78 is 0. The molecule has 0 atom stereocenters. The van der Waals surface area contributed by atoms with Crippen molar-refractivity contribution in [1.29, 1.82) is 0 Å². The van der Waals surface area contributed by atoms with Crippen LogP contribution in [0.25, 0.3) is 0 Å². The Bertz CT molecular complexity index is 721. The van der Waals surface area contributed by atoms with Gasteiger partial charge in [-0.15, -0.1) is 0 Å². The van der Waals surface area contributed by atoms with Gasteiger partial charge in [0.25, 0.3) is 5.91 Å². The smallest absolute Gasteiger partial charge is 0.271 e. The fourth-order valence-electron chi connectivity index (χ4n) is 1.79. The van der Waals surface area contributed by atoms with Crippen molar-refractivity contribution in [2.24, 2.45) is 5.73 Å². The van der Waals surface area contributed by atoms with E-state index >= 15 is 0 Å². The van der Waals surface area contributed by atoms with Crippen molar-refractivity contribution >= 4 is 51.9 Å². The van der Waals surface area contributed by atoms with E-state index in [1.165, 1.54) is 0 Å². The first-order valence-corrected chi connectivity index (χ1v) is 7.46. The molecule has 0 aromatic heterocycles. The Morgan fingerprint density at radius 3 is 2.22 bits per heavy atom. The van der Waals surface area contributed by atoms with Crippen molar-refractivity contribution in [2.45, 2.75) is 0 Å². The highest BCUT2D eigenvalue weighted by Gasteiger charge is 2.11. The number of rotatable bonds is 3. The molecule has 0 bridgehead atoms. The molecule has 2 rings (SSSR count). The fourth-order valence-corrected chi connectivity index (χ4v) is 2.07. The van der Waals surface area contributed by atoms with Crippen LogP contribution in [0.2, 0.25) is 0 Å². The number of para-hydroxylation sites is 2. The molecule has 6 N–H and O–H groups in total. The maximum atomic E-state index is 12.2. The van der Waals surface area contributed by atoms with Gasteiger partial charge in [-0.05, 0) is 48.7 Å². The molecule has 0 saturated heterocycles. The highest BCUT2D eigenvalue weighted by molar-refractivity contribution is 7.80. The highest BCUT2D eigenvalue weighted by Crippen LogP contribution is 2.14. The largest absolute Gasteiger partial charge is 0.376 e. The molecule has 0 radical (unpaired) electrons. The van der Waals surface area contributed by atoms with Gasteiger partial charge >= 0.3 is 0 Å². The summed E-state index contributed by atoms with van der Waals surface area (Å²) in [5.41, 5.74) is 12.3. The number of anilines is 2. The van der Waals surface area contributed by atoms with Gasteiger partial charge in [-0.2, -0.15) is 0 Å². The van der Waals surface area contributed by atoms with Crippen LogP contribution >= 0.6 is 24.4 Å². The van der Waals surface area contributed by atoms with Crippen LogP contribution in [0.1, 0.15) is 10.4 Å². The lowest BCUT2D eigenvalue weighted by Gasteiger charge is -2.13. The van der Waals surface area contributed by atoms with Crippen LogP contribution in [0, 0.1) is 0 Å². The molecule has 6 nitrogen and oxygen atoms in total. The Labute approximate surface area is 144 Å². The van der Waals surface area contributed by atoms with Crippen molar-refractivity contribution in [1.82, 2.24) is 10.9 Å². The minimum atomic E-state index is -0.374. The van der Waals surface area contributed by atoms with Crippen LogP contribution in [0.5, 0.6) is 0 Å². The SMILES string of the molecule is NC(=S)Nc1ccccc1C(=O)NNC(=S)Nc1ccccc1. The summed E-state index contributed by atoms with van der Waals surface area (Å²) in [4.78, 5) is 12.2. The number of hydrogen-bond donors (Lipinski definition) is 5. The van der Waals surface area contributed by atoms with Gasteiger partial charge in [0.15, 0.2) is 10.2 Å². The van der Waals surface area contributed by atoms with E-state index in [9.17, 15) is 4.79 Å². The van der Waals surface area contributed by atoms with Gasteiger partial charge in [0.1, 0.15) is 0 Å². The third kappa shape index (κ3) is 5.20. The van der Waals surface area contributed by atoms with Crippen molar-refractivity contribution in [3.05, 3.63) is 60.2 Å². The molecule has 0 unspecified atom stereocenters. The van der Waals surface area contributed by atoms with Crippen LogP contribution in [-0.2, 0) is 0 Å². The molecule has 0 spiro atoms. The van der Waals surface area contributed by atoms with E-state index in [-0.39, 0.29) is 16.1 Å². The summed E-state index contributed by atoms with van der Waals surface area (Å²) in [5.74, 6) is -0.374. The summed E-state index contributed by atoms with van der Waals surface area (Å²) in [6, 6.07) is 16.2. The van der Waals surface area contributed by atoms with E-state index < -0.39 is 0 Å². The van der Waals surface area contributed by atoms with Crippen LogP contribution in [-0.4, -0.2) is 16.1 Å². The van der Waals surface area contributed by atoms with Gasteiger partial charge < -0.3 is 16.4 Å². The number of thiocarbonyl (C=S) groups is 2. The Kier molecular flexibility index (Phi) is 5.84. The third-order valence-electron chi connectivity index (χ3n) is 2.75. The first kappa shape index (κ1) is 16.7. The molecule has 0 saturated carbocycles. The summed E-state index contributed by atoms with van der Waals surface area (Å²) in [6.45, 7) is 0. The van der Waals surface area contributed by atoms with Gasteiger partial charge in [-0.25, -0.2) is 0 Å². The molecule has 0 aliphatic heterocycles. The van der Waals surface area contributed by atoms with Gasteiger partial charge in [0, 0.05) is 5.69 Å². The van der Waals surface area contributed by atoms with E-state index in [0.717, 1.165) is 5.69 Å². The topological polar surface area (TPSA) is 91.2 Å². The zero-order chi connectivity index (χ0) is 16.7. The summed E-state index contributed by atoms with van der Waals surface area (Å²) in [6.07, 6.45) is 0. The van der Waals surface area contributed by atoms with Crippen molar-refractivity contribution < 1.29 is 4.79 Å². The minimum absolute atomic E-state index is 0.0828. The number of carbonyl (C=O) groups is 1. The molecule has 8 heteroatoms. The van der Waals surface area contributed by atoms with E-state index in [2.05, 4.69) is 21.5 Å². The third-order valence-corrected chi connectivity index (χ3v) is 3.06. The molecule has 0 aliphatic carbocycles. The first-order chi connectivity index (χ1) is 11.1. The summed E-state index contributed by atoms with van der Waals surface area (Å²) >= 11 is 9.91. The van der Waals surface area contributed by atoms with Crippen LogP contribution in [0.3, 0.4) is 0 Å². The number of benzene rings is 2. The number of hydrazine groups is 1. The summed E-state index contributed by atoms with van der Waals surface area (Å²) in [7, 11) is 0. The lowest BCUT2D eigenvalue weighted by Crippen LogP contribution is -2.44. The maximum Gasteiger partial charge on any atom is 0.271 e. The molecule has 1 amide bonds. The molecule has 23 heavy (non-hydrogen) atoms. The van der Waals surface area contributed by atoms with Crippen LogP contribution in [0.4, 0.5) is 11.4 Å². The second kappa shape index (κ2) is 8.06. The van der Waals surface area contributed by atoms with Gasteiger partial charge in [0.05, 0.1) is 11.3 Å². The minimum Gasteiger partial charge on any atom is -0.376 e. The van der Waals surface area contributed by atoms with Crippen molar-refractivity contribution in [3.63, 3.8) is 0 Å². The van der Waals surface area contributed by atoms with Crippen LogP contribution in [0.15, 0.2) is 54.6 Å². The van der Waals surface area contributed by atoms with Crippen molar-refractivity contribution in [2.75, 3.05) is 10.6 Å². The number of hydrogen-bond acceptors (Lipinski definition) is 3. The lowest BCUT2D eigenvalue weighted by molar-refractivity contribution is 0.0945. The molecule has 0 heterocycles.